The van der Waals surface area contributed by atoms with Gasteiger partial charge in [0.05, 0.1) is 5.25 Å². The number of sulfone groups is 1. The summed E-state index contributed by atoms with van der Waals surface area (Å²) in [5.41, 5.74) is 2.02. The maximum Gasteiger partial charge on any atom is 0.185 e. The number of carbonyl (C=O) groups excluding carboxylic acids is 1. The lowest BCUT2D eigenvalue weighted by Gasteiger charge is -2.27. The molecule has 30 heavy (non-hydrogen) atoms. The highest BCUT2D eigenvalue weighted by Gasteiger charge is 2.37. The first-order valence-corrected chi connectivity index (χ1v) is 12.8. The van der Waals surface area contributed by atoms with Gasteiger partial charge >= 0.3 is 0 Å². The molecule has 0 heterocycles. The molecule has 0 aliphatic heterocycles. The van der Waals surface area contributed by atoms with Gasteiger partial charge in [-0.1, -0.05) is 31.4 Å². The summed E-state index contributed by atoms with van der Waals surface area (Å²) in [6, 6.07) is 1.56. The van der Waals surface area contributed by atoms with Crippen LogP contribution in [0, 0.1) is 0 Å². The van der Waals surface area contributed by atoms with Gasteiger partial charge in [0.2, 0.25) is 0 Å². The van der Waals surface area contributed by atoms with Crippen molar-refractivity contribution in [1.82, 2.24) is 0 Å². The Kier molecular flexibility index (Phi) is 7.27. The van der Waals surface area contributed by atoms with Crippen LogP contribution in [0.3, 0.4) is 0 Å². The Labute approximate surface area is 180 Å². The predicted octanol–water partition coefficient (Wildman–Crippen LogP) is 5.33. The molecular weight excluding hydrogens is 400 g/mol. The molecule has 2 aliphatic carbocycles. The molecule has 1 unspecified atom stereocenters. The molecule has 1 aromatic carbocycles. The van der Waals surface area contributed by atoms with Crippen LogP contribution in [0.4, 0.5) is 0 Å². The van der Waals surface area contributed by atoms with Crippen LogP contribution < -0.4 is 0 Å². The largest absolute Gasteiger partial charge is 0.507 e. The van der Waals surface area contributed by atoms with Gasteiger partial charge in [-0.05, 0) is 63.5 Å². The number of phenolic OH excluding ortho intramolecular Hbond substituents is 2. The van der Waals surface area contributed by atoms with Crippen LogP contribution in [-0.4, -0.2) is 29.7 Å². The van der Waals surface area contributed by atoms with Gasteiger partial charge in [-0.2, -0.15) is 0 Å². The Balaban J connectivity index is 2.10. The molecule has 3 rings (SSSR count). The van der Waals surface area contributed by atoms with E-state index >= 15 is 0 Å². The molecule has 2 aliphatic rings. The number of phenols is 2. The fourth-order valence-electron chi connectivity index (χ4n) is 4.87. The zero-order chi connectivity index (χ0) is 21.9. The van der Waals surface area contributed by atoms with E-state index in [1.807, 2.05) is 13.0 Å². The van der Waals surface area contributed by atoms with Gasteiger partial charge < -0.3 is 10.2 Å². The van der Waals surface area contributed by atoms with Crippen LogP contribution in [0.25, 0.3) is 0 Å². The van der Waals surface area contributed by atoms with E-state index in [0.29, 0.717) is 30.4 Å². The summed E-state index contributed by atoms with van der Waals surface area (Å²) in [5, 5.41) is 21.3. The molecule has 0 saturated heterocycles. The highest BCUT2D eigenvalue weighted by atomic mass is 32.2. The van der Waals surface area contributed by atoms with Gasteiger partial charge in [-0.3, -0.25) is 4.79 Å². The lowest BCUT2D eigenvalue weighted by Crippen LogP contribution is -2.28. The van der Waals surface area contributed by atoms with Crippen LogP contribution in [0.2, 0.25) is 0 Å². The second-order valence-electron chi connectivity index (χ2n) is 8.90. The van der Waals surface area contributed by atoms with E-state index in [0.717, 1.165) is 38.5 Å². The van der Waals surface area contributed by atoms with Crippen molar-refractivity contribution in [2.45, 2.75) is 101 Å². The number of unbranched alkanes of at least 4 members (excludes halogenated alkanes) is 2. The first kappa shape index (κ1) is 22.9. The Morgan fingerprint density at radius 2 is 1.77 bits per heavy atom. The van der Waals surface area contributed by atoms with E-state index in [4.69, 9.17) is 0 Å². The fourth-order valence-corrected chi connectivity index (χ4v) is 6.96. The minimum absolute atomic E-state index is 0.0117. The van der Waals surface area contributed by atoms with Crippen molar-refractivity contribution < 1.29 is 23.4 Å². The average Bonchev–Trinajstić information content (AvgIpc) is 2.68. The molecule has 0 radical (unpaired) electrons. The molecule has 0 aromatic heterocycles. The monoisotopic (exact) mass is 434 g/mol. The van der Waals surface area contributed by atoms with Crippen molar-refractivity contribution in [3.8, 4) is 11.5 Å². The molecular formula is C24H34O5S. The molecule has 0 bridgehead atoms. The van der Waals surface area contributed by atoms with Crippen molar-refractivity contribution in [2.24, 2.45) is 0 Å². The zero-order valence-corrected chi connectivity index (χ0v) is 18.9. The summed E-state index contributed by atoms with van der Waals surface area (Å²) in [6.07, 6.45) is 9.09. The number of aryl methyl sites for hydroxylation is 1. The van der Waals surface area contributed by atoms with Crippen LogP contribution in [0.1, 0.15) is 95.1 Å². The summed E-state index contributed by atoms with van der Waals surface area (Å²) in [4.78, 5) is 11.6. The Bertz CT molecular complexity index is 919. The number of carbonyl (C=O) groups is 1. The van der Waals surface area contributed by atoms with Gasteiger partial charge in [0.25, 0.3) is 0 Å². The summed E-state index contributed by atoms with van der Waals surface area (Å²) < 4.78 is 27.2. The van der Waals surface area contributed by atoms with Crippen LogP contribution in [0.5, 0.6) is 11.5 Å². The molecule has 1 saturated carbocycles. The van der Waals surface area contributed by atoms with E-state index in [2.05, 4.69) is 6.92 Å². The van der Waals surface area contributed by atoms with Gasteiger partial charge in [-0.25, -0.2) is 8.42 Å². The van der Waals surface area contributed by atoms with Crippen molar-refractivity contribution in [3.05, 3.63) is 28.8 Å². The molecule has 2 N–H and O–H groups in total. The lowest BCUT2D eigenvalue weighted by atomic mass is 9.84. The van der Waals surface area contributed by atoms with Crippen LogP contribution in [-0.2, 0) is 21.1 Å². The first-order valence-electron chi connectivity index (χ1n) is 11.3. The highest BCUT2D eigenvalue weighted by Crippen LogP contribution is 2.47. The number of hydrogen-bond donors (Lipinski definition) is 2. The zero-order valence-electron chi connectivity index (χ0n) is 18.1. The van der Waals surface area contributed by atoms with Crippen molar-refractivity contribution in [1.29, 1.82) is 0 Å². The Morgan fingerprint density at radius 3 is 2.40 bits per heavy atom. The Hall–Kier alpha value is -1.82. The first-order chi connectivity index (χ1) is 14.3. The van der Waals surface area contributed by atoms with Crippen molar-refractivity contribution >= 4 is 15.6 Å². The number of aromatic hydroxyl groups is 2. The summed E-state index contributed by atoms with van der Waals surface area (Å²) in [6.45, 7) is 4.10. The smallest absolute Gasteiger partial charge is 0.185 e. The second-order valence-corrected chi connectivity index (χ2v) is 11.1. The van der Waals surface area contributed by atoms with E-state index in [-0.39, 0.29) is 40.9 Å². The second kappa shape index (κ2) is 9.54. The highest BCUT2D eigenvalue weighted by molar-refractivity contribution is 7.92. The Morgan fingerprint density at radius 1 is 1.07 bits per heavy atom. The molecule has 1 aromatic rings. The molecule has 6 heteroatoms. The van der Waals surface area contributed by atoms with Gasteiger partial charge in [-0.15, -0.1) is 0 Å². The van der Waals surface area contributed by atoms with Gasteiger partial charge in [0.1, 0.15) is 22.2 Å². The lowest BCUT2D eigenvalue weighted by molar-refractivity contribution is -0.120. The van der Waals surface area contributed by atoms with E-state index in [1.54, 1.807) is 6.07 Å². The predicted molar refractivity (Wildman–Crippen MR) is 118 cm³/mol. The molecule has 5 nitrogen and oxygen atoms in total. The average molecular weight is 435 g/mol. The molecule has 166 valence electrons. The minimum Gasteiger partial charge on any atom is -0.507 e. The van der Waals surface area contributed by atoms with Crippen LogP contribution >= 0.6 is 0 Å². The number of benzene rings is 1. The summed E-state index contributed by atoms with van der Waals surface area (Å²) in [5.74, 6) is -0.393. The molecule has 0 amide bonds. The molecule has 0 spiro atoms. The van der Waals surface area contributed by atoms with Gasteiger partial charge in [0.15, 0.2) is 9.84 Å². The summed E-state index contributed by atoms with van der Waals surface area (Å²) >= 11 is 0. The minimum atomic E-state index is -3.81. The van der Waals surface area contributed by atoms with E-state index in [1.165, 1.54) is 5.57 Å². The number of Topliss-reactive ketones (excluding diaryl/α,β-unsaturated/α-hetero) is 1. The summed E-state index contributed by atoms with van der Waals surface area (Å²) in [7, 11) is -3.81. The third kappa shape index (κ3) is 4.74. The van der Waals surface area contributed by atoms with Crippen molar-refractivity contribution in [2.75, 3.05) is 0 Å². The normalized spacial score (nSPS) is 20.9. The quantitative estimate of drug-likeness (QED) is 0.447. The van der Waals surface area contributed by atoms with E-state index in [9.17, 15) is 23.4 Å². The number of allylic oxidation sites excluding steroid dienone is 2. The number of rotatable bonds is 7. The SMILES string of the molecule is CCCCCc1cc(O)c(C2C=C(C)CCC2)c(O)c1S(=O)(=O)C1CCC(=O)CC1. The third-order valence-corrected chi connectivity index (χ3v) is 8.93. The maximum atomic E-state index is 13.6. The van der Waals surface area contributed by atoms with Gasteiger partial charge in [0, 0.05) is 24.3 Å². The van der Waals surface area contributed by atoms with Crippen LogP contribution in [0.15, 0.2) is 22.6 Å². The fraction of sp³-hybridized carbons (Fsp3) is 0.625. The number of hydrogen-bond acceptors (Lipinski definition) is 5. The molecule has 1 fully saturated rings. The molecule has 1 atom stereocenters. The third-order valence-electron chi connectivity index (χ3n) is 6.55. The standard InChI is InChI=1S/C24H34O5S/c1-3-4-5-8-18-15-21(26)22(17-9-6-7-16(2)14-17)23(27)24(18)30(28,29)20-12-10-19(25)11-13-20/h14-15,17,20,26-27H,3-13H2,1-2H3. The van der Waals surface area contributed by atoms with Crippen molar-refractivity contribution in [3.63, 3.8) is 0 Å². The van der Waals surface area contributed by atoms with E-state index < -0.39 is 15.1 Å². The maximum absolute atomic E-state index is 13.6. The number of ketones is 1. The topological polar surface area (TPSA) is 91.7 Å².